The maximum Gasteiger partial charge on any atom is 0.278 e. The molecule has 0 bridgehead atoms. The van der Waals surface area contributed by atoms with Crippen molar-refractivity contribution in [2.45, 2.75) is 20.4 Å². The van der Waals surface area contributed by atoms with Crippen LogP contribution in [-0.2, 0) is 6.54 Å². The first-order chi connectivity index (χ1) is 10.6. The third-order valence-corrected chi connectivity index (χ3v) is 3.62. The van der Waals surface area contributed by atoms with Crippen molar-refractivity contribution in [3.8, 4) is 0 Å². The van der Waals surface area contributed by atoms with Crippen molar-refractivity contribution in [3.63, 3.8) is 0 Å². The number of carbonyl (C=O) groups is 1. The Morgan fingerprint density at radius 3 is 2.73 bits per heavy atom. The maximum absolute atomic E-state index is 12.4. The lowest BCUT2D eigenvalue weighted by Gasteiger charge is -2.07. The van der Waals surface area contributed by atoms with Crippen LogP contribution < -0.4 is 5.56 Å². The second kappa shape index (κ2) is 5.52. The molecule has 22 heavy (non-hydrogen) atoms. The Hall–Kier alpha value is -2.82. The van der Waals surface area contributed by atoms with Crippen molar-refractivity contribution in [1.29, 1.82) is 0 Å². The van der Waals surface area contributed by atoms with E-state index in [1.54, 1.807) is 24.3 Å². The zero-order valence-electron chi connectivity index (χ0n) is 12.4. The fourth-order valence-electron chi connectivity index (χ4n) is 2.38. The van der Waals surface area contributed by atoms with Crippen LogP contribution in [0.3, 0.4) is 0 Å². The van der Waals surface area contributed by atoms with Gasteiger partial charge in [0.05, 0.1) is 5.39 Å². The van der Waals surface area contributed by atoms with Gasteiger partial charge in [0.15, 0.2) is 5.78 Å². The van der Waals surface area contributed by atoms with Crippen molar-refractivity contribution in [1.82, 2.24) is 15.0 Å². The molecule has 110 valence electrons. The highest BCUT2D eigenvalue weighted by Gasteiger charge is 2.13. The van der Waals surface area contributed by atoms with Crippen molar-refractivity contribution >= 4 is 16.7 Å². The van der Waals surface area contributed by atoms with Gasteiger partial charge in [-0.2, -0.15) is 0 Å². The van der Waals surface area contributed by atoms with E-state index in [1.807, 2.05) is 32.0 Å². The predicted octanol–water partition coefficient (Wildman–Crippen LogP) is 2.29. The lowest BCUT2D eigenvalue weighted by molar-refractivity contribution is 0.0964. The minimum atomic E-state index is -0.302. The lowest BCUT2D eigenvalue weighted by Crippen LogP contribution is -2.28. The van der Waals surface area contributed by atoms with Crippen LogP contribution in [0.4, 0.5) is 0 Å². The summed E-state index contributed by atoms with van der Waals surface area (Å²) in [6.45, 7) is 3.70. The molecule has 0 spiro atoms. The van der Waals surface area contributed by atoms with Gasteiger partial charge in [-0.3, -0.25) is 9.59 Å². The highest BCUT2D eigenvalue weighted by molar-refractivity contribution is 5.97. The van der Waals surface area contributed by atoms with Gasteiger partial charge in [-0.25, -0.2) is 4.68 Å². The fourth-order valence-corrected chi connectivity index (χ4v) is 2.38. The summed E-state index contributed by atoms with van der Waals surface area (Å²) >= 11 is 0. The number of hydrogen-bond acceptors (Lipinski definition) is 4. The van der Waals surface area contributed by atoms with E-state index < -0.39 is 0 Å². The second-order valence-electron chi connectivity index (χ2n) is 5.31. The molecule has 0 fully saturated rings. The highest BCUT2D eigenvalue weighted by atomic mass is 16.1. The number of aromatic nitrogens is 3. The number of Topliss-reactive ketones (excluding diaryl/α,β-unsaturated/α-hetero) is 1. The van der Waals surface area contributed by atoms with Crippen LogP contribution in [0, 0.1) is 13.8 Å². The second-order valence-corrected chi connectivity index (χ2v) is 5.31. The summed E-state index contributed by atoms with van der Waals surface area (Å²) in [6.07, 6.45) is 0. The third kappa shape index (κ3) is 2.53. The smallest absolute Gasteiger partial charge is 0.278 e. The van der Waals surface area contributed by atoms with Gasteiger partial charge in [-0.05, 0) is 37.6 Å². The van der Waals surface area contributed by atoms with E-state index in [9.17, 15) is 9.59 Å². The molecule has 0 aliphatic rings. The van der Waals surface area contributed by atoms with Crippen molar-refractivity contribution in [2.24, 2.45) is 0 Å². The van der Waals surface area contributed by atoms with E-state index in [-0.39, 0.29) is 17.9 Å². The van der Waals surface area contributed by atoms with Gasteiger partial charge in [0.25, 0.3) is 5.56 Å². The van der Waals surface area contributed by atoms with Crippen molar-refractivity contribution in [3.05, 3.63) is 69.5 Å². The number of ketones is 1. The Bertz CT molecular complexity index is 929. The molecule has 5 heteroatoms. The Morgan fingerprint density at radius 1 is 1.14 bits per heavy atom. The summed E-state index contributed by atoms with van der Waals surface area (Å²) in [5, 5.41) is 8.31. The molecule has 1 heterocycles. The third-order valence-electron chi connectivity index (χ3n) is 3.62. The Labute approximate surface area is 127 Å². The quantitative estimate of drug-likeness (QED) is 0.695. The molecular formula is C17H15N3O2. The van der Waals surface area contributed by atoms with Crippen LogP contribution in [0.15, 0.2) is 47.3 Å². The monoisotopic (exact) mass is 293 g/mol. The average Bonchev–Trinajstić information content (AvgIpc) is 2.52. The molecule has 3 aromatic rings. The zero-order valence-corrected chi connectivity index (χ0v) is 12.4. The summed E-state index contributed by atoms with van der Waals surface area (Å²) in [5.74, 6) is -0.145. The molecule has 5 nitrogen and oxygen atoms in total. The number of carbonyl (C=O) groups excluding carboxylic acids is 1. The largest absolute Gasteiger partial charge is 0.292 e. The zero-order chi connectivity index (χ0) is 15.7. The minimum absolute atomic E-state index is 0.110. The predicted molar refractivity (Wildman–Crippen MR) is 84.0 cm³/mol. The molecule has 0 radical (unpaired) electrons. The summed E-state index contributed by atoms with van der Waals surface area (Å²) in [7, 11) is 0. The molecule has 0 saturated heterocycles. The molecule has 2 aromatic carbocycles. The number of fused-ring (bicyclic) bond motifs is 1. The maximum atomic E-state index is 12.4. The van der Waals surface area contributed by atoms with Crippen LogP contribution in [-0.4, -0.2) is 20.8 Å². The number of rotatable bonds is 3. The van der Waals surface area contributed by atoms with Gasteiger partial charge in [0.1, 0.15) is 12.1 Å². The SMILES string of the molecule is Cc1ccc(C)c(C(=O)Cn2nnc3ccccc3c2=O)c1. The Morgan fingerprint density at radius 2 is 1.91 bits per heavy atom. The van der Waals surface area contributed by atoms with Crippen LogP contribution in [0.1, 0.15) is 21.5 Å². The minimum Gasteiger partial charge on any atom is -0.292 e. The van der Waals surface area contributed by atoms with E-state index in [4.69, 9.17) is 0 Å². The number of aryl methyl sites for hydroxylation is 2. The van der Waals surface area contributed by atoms with Gasteiger partial charge in [-0.1, -0.05) is 35.0 Å². The van der Waals surface area contributed by atoms with E-state index in [0.29, 0.717) is 16.5 Å². The van der Waals surface area contributed by atoms with Crippen molar-refractivity contribution < 1.29 is 4.79 Å². The van der Waals surface area contributed by atoms with Gasteiger partial charge in [0, 0.05) is 5.56 Å². The molecule has 0 saturated carbocycles. The molecule has 0 unspecified atom stereocenters. The summed E-state index contributed by atoms with van der Waals surface area (Å²) in [4.78, 5) is 24.8. The number of nitrogens with zero attached hydrogens (tertiary/aromatic N) is 3. The lowest BCUT2D eigenvalue weighted by atomic mass is 10.0. The van der Waals surface area contributed by atoms with Crippen LogP contribution >= 0.6 is 0 Å². The Balaban J connectivity index is 1.99. The summed E-state index contributed by atoms with van der Waals surface area (Å²) in [6, 6.07) is 12.7. The number of hydrogen-bond donors (Lipinski definition) is 0. The fraction of sp³-hybridized carbons (Fsp3) is 0.176. The van der Waals surface area contributed by atoms with Gasteiger partial charge in [0.2, 0.25) is 0 Å². The van der Waals surface area contributed by atoms with Crippen LogP contribution in [0.2, 0.25) is 0 Å². The van der Waals surface area contributed by atoms with Gasteiger partial charge < -0.3 is 0 Å². The molecule has 3 rings (SSSR count). The van der Waals surface area contributed by atoms with E-state index in [1.165, 1.54) is 0 Å². The topological polar surface area (TPSA) is 64.8 Å². The average molecular weight is 293 g/mol. The van der Waals surface area contributed by atoms with Gasteiger partial charge >= 0.3 is 0 Å². The first-order valence-corrected chi connectivity index (χ1v) is 6.99. The highest BCUT2D eigenvalue weighted by Crippen LogP contribution is 2.12. The molecular weight excluding hydrogens is 278 g/mol. The van der Waals surface area contributed by atoms with Crippen LogP contribution in [0.5, 0.6) is 0 Å². The first kappa shape index (κ1) is 14.1. The molecule has 0 atom stereocenters. The summed E-state index contributed by atoms with van der Waals surface area (Å²) in [5.41, 5.74) is 2.73. The molecule has 0 aliphatic heterocycles. The van der Waals surface area contributed by atoms with E-state index in [2.05, 4.69) is 10.3 Å². The molecule has 0 amide bonds. The normalized spacial score (nSPS) is 10.8. The molecule has 0 aliphatic carbocycles. The van der Waals surface area contributed by atoms with E-state index >= 15 is 0 Å². The summed E-state index contributed by atoms with van der Waals surface area (Å²) < 4.78 is 1.12. The van der Waals surface area contributed by atoms with Crippen molar-refractivity contribution in [2.75, 3.05) is 0 Å². The van der Waals surface area contributed by atoms with Gasteiger partial charge in [-0.15, -0.1) is 5.10 Å². The number of benzene rings is 2. The molecule has 1 aromatic heterocycles. The van der Waals surface area contributed by atoms with E-state index in [0.717, 1.165) is 15.8 Å². The first-order valence-electron chi connectivity index (χ1n) is 6.99. The Kier molecular flexibility index (Phi) is 3.55. The standard InChI is InChI=1S/C17H15N3O2/c1-11-7-8-12(2)14(9-11)16(21)10-20-17(22)13-5-3-4-6-15(13)18-19-20/h3-9H,10H2,1-2H3. The van der Waals surface area contributed by atoms with Crippen LogP contribution in [0.25, 0.3) is 10.9 Å². The molecule has 0 N–H and O–H groups in total.